The number of ketones is 1. The molecule has 0 radical (unpaired) electrons. The maximum absolute atomic E-state index is 13.8. The molecule has 10 nitrogen and oxygen atoms in total. The quantitative estimate of drug-likeness (QED) is 0.231. The van der Waals surface area contributed by atoms with Crippen LogP contribution in [0, 0.1) is 6.92 Å². The van der Waals surface area contributed by atoms with Crippen LogP contribution in [0.5, 0.6) is 0 Å². The fourth-order valence-corrected chi connectivity index (χ4v) is 6.24. The number of nitrogens with one attached hydrogen (secondary N) is 1. The van der Waals surface area contributed by atoms with E-state index in [9.17, 15) is 14.4 Å². The van der Waals surface area contributed by atoms with Gasteiger partial charge in [0, 0.05) is 59.0 Å². The van der Waals surface area contributed by atoms with E-state index in [1.165, 1.54) is 26.2 Å². The minimum atomic E-state index is -0.649. The SMILES string of the molecule is CC(=O)c1nn2c3c(cc(-c4cnc5cc(C)nn5c4)cc13)CCCCCCCCCCN([C@@H](C)C(=O)NBr)C(=O)C2. The molecule has 4 aromatic rings. The van der Waals surface area contributed by atoms with Crippen molar-refractivity contribution in [3.8, 4) is 11.1 Å². The number of carbonyl (C=O) groups is 3. The predicted molar refractivity (Wildman–Crippen MR) is 165 cm³/mol. The Labute approximate surface area is 254 Å². The van der Waals surface area contributed by atoms with Crippen molar-refractivity contribution >= 4 is 50.3 Å². The Morgan fingerprint density at radius 1 is 0.976 bits per heavy atom. The summed E-state index contributed by atoms with van der Waals surface area (Å²) in [7, 11) is 0. The first-order valence-electron chi connectivity index (χ1n) is 14.8. The van der Waals surface area contributed by atoms with Crippen molar-refractivity contribution in [2.45, 2.75) is 91.1 Å². The van der Waals surface area contributed by atoms with Crippen molar-refractivity contribution in [1.82, 2.24) is 33.6 Å². The lowest BCUT2D eigenvalue weighted by atomic mass is 9.96. The monoisotopic (exact) mass is 635 g/mol. The number of benzene rings is 1. The van der Waals surface area contributed by atoms with Crippen LogP contribution in [0.1, 0.15) is 87.0 Å². The van der Waals surface area contributed by atoms with Crippen molar-refractivity contribution < 1.29 is 14.4 Å². The van der Waals surface area contributed by atoms with Gasteiger partial charge in [0.15, 0.2) is 11.4 Å². The van der Waals surface area contributed by atoms with Gasteiger partial charge >= 0.3 is 0 Å². The number of aryl methyl sites for hydroxylation is 2. The molecule has 2 amide bonds. The van der Waals surface area contributed by atoms with Gasteiger partial charge in [-0.25, -0.2) is 9.50 Å². The zero-order chi connectivity index (χ0) is 29.8. The molecule has 1 aliphatic heterocycles. The van der Waals surface area contributed by atoms with Gasteiger partial charge in [-0.3, -0.25) is 23.4 Å². The van der Waals surface area contributed by atoms with E-state index < -0.39 is 6.04 Å². The molecule has 1 aliphatic rings. The summed E-state index contributed by atoms with van der Waals surface area (Å²) in [4.78, 5) is 45.4. The van der Waals surface area contributed by atoms with Crippen LogP contribution in [0.2, 0.25) is 0 Å². The number of halogens is 1. The summed E-state index contributed by atoms with van der Waals surface area (Å²) in [5.74, 6) is -0.653. The Morgan fingerprint density at radius 2 is 1.69 bits per heavy atom. The highest BCUT2D eigenvalue weighted by atomic mass is 79.9. The Hall–Kier alpha value is -3.60. The fraction of sp³-hybridized carbons (Fsp3) is 0.484. The highest BCUT2D eigenvalue weighted by molar-refractivity contribution is 9.08. The van der Waals surface area contributed by atoms with Crippen LogP contribution in [0.4, 0.5) is 0 Å². The first-order chi connectivity index (χ1) is 20.3. The van der Waals surface area contributed by atoms with Gasteiger partial charge in [-0.05, 0) is 56.4 Å². The predicted octanol–water partition coefficient (Wildman–Crippen LogP) is 5.58. The van der Waals surface area contributed by atoms with E-state index in [2.05, 4.69) is 36.6 Å². The van der Waals surface area contributed by atoms with Crippen molar-refractivity contribution in [1.29, 1.82) is 0 Å². The Kier molecular flexibility index (Phi) is 9.35. The van der Waals surface area contributed by atoms with Crippen LogP contribution < -0.4 is 4.34 Å². The number of rotatable bonds is 4. The second-order valence-corrected chi connectivity index (χ2v) is 11.7. The van der Waals surface area contributed by atoms with Crippen LogP contribution in [-0.4, -0.2) is 59.5 Å². The van der Waals surface area contributed by atoms with E-state index in [4.69, 9.17) is 5.10 Å². The number of fused-ring (bicyclic) bond motifs is 1. The van der Waals surface area contributed by atoms with Crippen molar-refractivity contribution in [2.24, 2.45) is 0 Å². The van der Waals surface area contributed by atoms with E-state index in [-0.39, 0.29) is 24.1 Å². The summed E-state index contributed by atoms with van der Waals surface area (Å²) in [5.41, 5.74) is 5.64. The molecule has 0 spiro atoms. The Balaban J connectivity index is 1.62. The number of carbonyl (C=O) groups excluding carboxylic acids is 3. The first-order valence-corrected chi connectivity index (χ1v) is 15.6. The second kappa shape index (κ2) is 13.1. The minimum absolute atomic E-state index is 0.0594. The standard InChI is InChI=1S/C31H38BrN7O3/c1-20-14-27-33-17-25(18-38(27)35-20)24-15-23-12-10-8-6-4-5-7-9-11-13-37(21(2)31(42)34-32)28(41)19-39-30(23)26(16-24)29(36-39)22(3)40/h14-18,21H,4-13,19H2,1-3H3,(H,34,42)/t21-/m0/s1. The van der Waals surface area contributed by atoms with Crippen LogP contribution in [0.25, 0.3) is 27.7 Å². The molecular formula is C31H38BrN7O3. The molecule has 0 saturated carbocycles. The first kappa shape index (κ1) is 29.9. The van der Waals surface area contributed by atoms with Crippen LogP contribution in [0.15, 0.2) is 30.6 Å². The lowest BCUT2D eigenvalue weighted by Gasteiger charge is -2.28. The summed E-state index contributed by atoms with van der Waals surface area (Å²) in [6, 6.07) is 5.39. The molecular weight excluding hydrogens is 598 g/mol. The molecule has 4 heterocycles. The average Bonchev–Trinajstić information content (AvgIpc) is 3.53. The van der Waals surface area contributed by atoms with E-state index in [1.54, 1.807) is 21.0 Å². The summed E-state index contributed by atoms with van der Waals surface area (Å²) in [5, 5.41) is 9.94. The third kappa shape index (κ3) is 6.40. The van der Waals surface area contributed by atoms with Crippen LogP contribution in [-0.2, 0) is 22.6 Å². The van der Waals surface area contributed by atoms with E-state index in [0.29, 0.717) is 12.2 Å². The van der Waals surface area contributed by atoms with E-state index >= 15 is 0 Å². The number of aromatic nitrogens is 5. The van der Waals surface area contributed by atoms with Crippen molar-refractivity contribution in [3.63, 3.8) is 0 Å². The largest absolute Gasteiger partial charge is 0.329 e. The zero-order valence-corrected chi connectivity index (χ0v) is 26.1. The molecule has 3 aromatic heterocycles. The zero-order valence-electron chi connectivity index (χ0n) is 24.5. The highest BCUT2D eigenvalue weighted by Gasteiger charge is 2.27. The van der Waals surface area contributed by atoms with Gasteiger partial charge in [-0.15, -0.1) is 0 Å². The van der Waals surface area contributed by atoms with Gasteiger partial charge in [0.2, 0.25) is 5.91 Å². The van der Waals surface area contributed by atoms with Gasteiger partial charge in [0.1, 0.15) is 18.3 Å². The third-order valence-corrected chi connectivity index (χ3v) is 8.56. The topological polar surface area (TPSA) is 114 Å². The maximum Gasteiger partial charge on any atom is 0.252 e. The molecule has 11 heteroatoms. The Morgan fingerprint density at radius 3 is 2.40 bits per heavy atom. The smallest absolute Gasteiger partial charge is 0.252 e. The number of Topliss-reactive ketones (excluding diaryl/α,β-unsaturated/α-hetero) is 1. The van der Waals surface area contributed by atoms with Gasteiger partial charge < -0.3 is 4.90 Å². The molecule has 0 aliphatic carbocycles. The molecule has 1 atom stereocenters. The number of nitrogens with zero attached hydrogens (tertiary/aromatic N) is 6. The highest BCUT2D eigenvalue weighted by Crippen LogP contribution is 2.32. The van der Waals surface area contributed by atoms with Gasteiger partial charge in [-0.1, -0.05) is 38.5 Å². The van der Waals surface area contributed by atoms with E-state index in [1.807, 2.05) is 31.5 Å². The Bertz CT molecular complexity index is 1630. The third-order valence-electron chi connectivity index (χ3n) is 8.17. The summed E-state index contributed by atoms with van der Waals surface area (Å²) < 4.78 is 5.93. The lowest BCUT2D eigenvalue weighted by molar-refractivity contribution is -0.139. The number of hydrogen-bond donors (Lipinski definition) is 1. The van der Waals surface area contributed by atoms with Crippen molar-refractivity contribution in [2.75, 3.05) is 6.54 Å². The minimum Gasteiger partial charge on any atom is -0.329 e. The molecule has 0 saturated heterocycles. The second-order valence-electron chi connectivity index (χ2n) is 11.3. The van der Waals surface area contributed by atoms with Crippen molar-refractivity contribution in [3.05, 3.63) is 47.5 Å². The molecule has 0 fully saturated rings. The molecule has 5 rings (SSSR count). The molecule has 1 aromatic carbocycles. The fourth-order valence-electron chi connectivity index (χ4n) is 5.91. The molecule has 0 unspecified atom stereocenters. The molecule has 42 heavy (non-hydrogen) atoms. The lowest BCUT2D eigenvalue weighted by Crippen LogP contribution is -2.47. The van der Waals surface area contributed by atoms with Gasteiger partial charge in [0.25, 0.3) is 5.91 Å². The molecule has 0 bridgehead atoms. The number of amides is 2. The van der Waals surface area contributed by atoms with Gasteiger partial charge in [-0.2, -0.15) is 10.2 Å². The molecule has 222 valence electrons. The van der Waals surface area contributed by atoms with Crippen LogP contribution >= 0.6 is 16.1 Å². The van der Waals surface area contributed by atoms with Crippen LogP contribution in [0.3, 0.4) is 0 Å². The van der Waals surface area contributed by atoms with Gasteiger partial charge in [0.05, 0.1) is 11.2 Å². The van der Waals surface area contributed by atoms with E-state index in [0.717, 1.165) is 77.5 Å². The summed E-state index contributed by atoms with van der Waals surface area (Å²) in [6.45, 7) is 5.60. The summed E-state index contributed by atoms with van der Waals surface area (Å²) >= 11 is 3.03. The number of hydrogen-bond acceptors (Lipinski definition) is 6. The maximum atomic E-state index is 13.8. The molecule has 1 N–H and O–H groups in total. The summed E-state index contributed by atoms with van der Waals surface area (Å²) in [6.07, 6.45) is 13.2. The average molecular weight is 637 g/mol. The normalized spacial score (nSPS) is 16.6.